The third-order valence-electron chi connectivity index (χ3n) is 4.23. The van der Waals surface area contributed by atoms with E-state index in [4.69, 9.17) is 20.3 Å². The van der Waals surface area contributed by atoms with Crippen LogP contribution in [0.15, 0.2) is 36.1 Å². The van der Waals surface area contributed by atoms with Crippen molar-refractivity contribution in [2.24, 2.45) is 11.8 Å². The van der Waals surface area contributed by atoms with Gasteiger partial charge in [0, 0.05) is 13.0 Å². The molecule has 2 rings (SSSR count). The van der Waals surface area contributed by atoms with E-state index in [1.54, 1.807) is 12.1 Å². The van der Waals surface area contributed by atoms with Gasteiger partial charge in [-0.1, -0.05) is 26.0 Å². The molecule has 0 bridgehead atoms. The van der Waals surface area contributed by atoms with Crippen LogP contribution in [0.5, 0.6) is 0 Å². The highest BCUT2D eigenvalue weighted by Gasteiger charge is 2.29. The molecule has 6 nitrogen and oxygen atoms in total. The van der Waals surface area contributed by atoms with Gasteiger partial charge in [0.25, 0.3) is 5.91 Å². The van der Waals surface area contributed by atoms with Crippen LogP contribution in [0, 0.1) is 11.8 Å². The van der Waals surface area contributed by atoms with Gasteiger partial charge in [0.15, 0.2) is 5.76 Å². The molecule has 0 fully saturated rings. The Hall–Kier alpha value is -2.05. The summed E-state index contributed by atoms with van der Waals surface area (Å²) in [5.74, 6) is 0.509. The molecule has 0 saturated carbocycles. The second-order valence-corrected chi connectivity index (χ2v) is 6.56. The number of nitrogens with one attached hydrogen (secondary N) is 1. The molecule has 2 atom stereocenters. The maximum atomic E-state index is 12.6. The van der Waals surface area contributed by atoms with Crippen LogP contribution in [0.2, 0.25) is 0 Å². The van der Waals surface area contributed by atoms with Gasteiger partial charge in [-0.2, -0.15) is 0 Å². The third-order valence-corrected chi connectivity index (χ3v) is 4.23. The summed E-state index contributed by atoms with van der Waals surface area (Å²) in [6.45, 7) is 4.87. The highest BCUT2D eigenvalue weighted by Crippen LogP contribution is 2.29. The van der Waals surface area contributed by atoms with Crippen molar-refractivity contribution in [2.75, 3.05) is 24.3 Å². The number of carbonyl (C=O) groups excluding carboxylic acids is 1. The van der Waals surface area contributed by atoms with Crippen LogP contribution in [0.3, 0.4) is 0 Å². The molecule has 0 aromatic heterocycles. The SMILES string of the molecule is CC(C)[C@@H]1C=C(C(=O)Nc2ccccc2N)O[C@H](OCCCCO)C1. The van der Waals surface area contributed by atoms with Gasteiger partial charge >= 0.3 is 0 Å². The number of unbranched alkanes of at least 4 members (excludes halogenated alkanes) is 1. The Balaban J connectivity index is 2.03. The summed E-state index contributed by atoms with van der Waals surface area (Å²) in [4.78, 5) is 12.6. The monoisotopic (exact) mass is 348 g/mol. The number of aliphatic hydroxyl groups is 1. The van der Waals surface area contributed by atoms with Gasteiger partial charge in [-0.3, -0.25) is 4.79 Å². The van der Waals surface area contributed by atoms with Crippen molar-refractivity contribution in [1.29, 1.82) is 0 Å². The van der Waals surface area contributed by atoms with Crippen LogP contribution in [0.1, 0.15) is 33.1 Å². The Morgan fingerprint density at radius 3 is 2.84 bits per heavy atom. The first-order valence-corrected chi connectivity index (χ1v) is 8.78. The molecule has 4 N–H and O–H groups in total. The van der Waals surface area contributed by atoms with Crippen LogP contribution in [0.4, 0.5) is 11.4 Å². The fourth-order valence-corrected chi connectivity index (χ4v) is 2.63. The molecule has 0 spiro atoms. The van der Waals surface area contributed by atoms with Gasteiger partial charge in [0.05, 0.1) is 18.0 Å². The zero-order chi connectivity index (χ0) is 18.2. The highest BCUT2D eigenvalue weighted by atomic mass is 16.7. The summed E-state index contributed by atoms with van der Waals surface area (Å²) in [6, 6.07) is 7.10. The fraction of sp³-hybridized carbons (Fsp3) is 0.526. The number of nitrogens with two attached hydrogens (primary N) is 1. The summed E-state index contributed by atoms with van der Waals surface area (Å²) < 4.78 is 11.5. The van der Waals surface area contributed by atoms with E-state index in [-0.39, 0.29) is 24.2 Å². The molecule has 6 heteroatoms. The van der Waals surface area contributed by atoms with E-state index in [2.05, 4.69) is 19.2 Å². The van der Waals surface area contributed by atoms with Crippen LogP contribution >= 0.6 is 0 Å². The van der Waals surface area contributed by atoms with Crippen LogP contribution < -0.4 is 11.1 Å². The highest BCUT2D eigenvalue weighted by molar-refractivity contribution is 6.04. The van der Waals surface area contributed by atoms with Crippen LogP contribution in [-0.4, -0.2) is 30.5 Å². The zero-order valence-electron chi connectivity index (χ0n) is 14.9. The second-order valence-electron chi connectivity index (χ2n) is 6.56. The van der Waals surface area contributed by atoms with E-state index >= 15 is 0 Å². The van der Waals surface area contributed by atoms with Crippen molar-refractivity contribution in [1.82, 2.24) is 0 Å². The average molecular weight is 348 g/mol. The average Bonchev–Trinajstić information content (AvgIpc) is 2.60. The smallest absolute Gasteiger partial charge is 0.290 e. The molecule has 1 heterocycles. The molecular formula is C19H28N2O4. The number of rotatable bonds is 8. The van der Waals surface area contributed by atoms with Crippen LogP contribution in [0.25, 0.3) is 0 Å². The Kier molecular flexibility index (Phi) is 7.28. The largest absolute Gasteiger partial charge is 0.459 e. The van der Waals surface area contributed by atoms with Crippen molar-refractivity contribution < 1.29 is 19.4 Å². The molecule has 1 aliphatic heterocycles. The Morgan fingerprint density at radius 2 is 2.16 bits per heavy atom. The van der Waals surface area contributed by atoms with E-state index in [9.17, 15) is 4.79 Å². The lowest BCUT2D eigenvalue weighted by molar-refractivity contribution is -0.148. The topological polar surface area (TPSA) is 93.8 Å². The summed E-state index contributed by atoms with van der Waals surface area (Å²) in [6.07, 6.45) is 3.57. The minimum absolute atomic E-state index is 0.148. The lowest BCUT2D eigenvalue weighted by Crippen LogP contribution is -2.31. The van der Waals surface area contributed by atoms with Crippen molar-refractivity contribution in [3.8, 4) is 0 Å². The number of anilines is 2. The van der Waals surface area contributed by atoms with Crippen molar-refractivity contribution in [3.63, 3.8) is 0 Å². The molecule has 1 aromatic rings. The molecule has 25 heavy (non-hydrogen) atoms. The fourth-order valence-electron chi connectivity index (χ4n) is 2.63. The lowest BCUT2D eigenvalue weighted by Gasteiger charge is -2.31. The van der Waals surface area contributed by atoms with E-state index in [1.807, 2.05) is 18.2 Å². The number of aliphatic hydroxyl groups excluding tert-OH is 1. The van der Waals surface area contributed by atoms with Gasteiger partial charge in [0.2, 0.25) is 6.29 Å². The molecule has 1 aliphatic rings. The number of amides is 1. The maximum Gasteiger partial charge on any atom is 0.290 e. The first kappa shape index (κ1) is 19.3. The Labute approximate surface area is 149 Å². The first-order chi connectivity index (χ1) is 12.0. The predicted octanol–water partition coefficient (Wildman–Crippen LogP) is 2.90. The van der Waals surface area contributed by atoms with Gasteiger partial charge < -0.3 is 25.6 Å². The third kappa shape index (κ3) is 5.76. The van der Waals surface area contributed by atoms with Crippen molar-refractivity contribution >= 4 is 17.3 Å². The quantitative estimate of drug-likeness (QED) is 0.496. The number of carbonyl (C=O) groups is 1. The summed E-state index contributed by atoms with van der Waals surface area (Å²) in [7, 11) is 0. The number of nitrogen functional groups attached to an aromatic ring is 1. The van der Waals surface area contributed by atoms with Crippen molar-refractivity contribution in [3.05, 3.63) is 36.1 Å². The standard InChI is InChI=1S/C19H28N2O4/c1-13(2)14-11-17(25-18(12-14)24-10-6-5-9-22)19(23)21-16-8-4-3-7-15(16)20/h3-4,7-8,11,13-14,18,22H,5-6,9-10,12,20H2,1-2H3,(H,21,23)/t14-,18+/m1/s1. The summed E-state index contributed by atoms with van der Waals surface area (Å²) in [5, 5.41) is 11.6. The molecule has 0 saturated heterocycles. The number of benzene rings is 1. The molecule has 0 radical (unpaired) electrons. The number of allylic oxidation sites excluding steroid dienone is 1. The van der Waals surface area contributed by atoms with Gasteiger partial charge in [-0.25, -0.2) is 0 Å². The number of hydrogen-bond acceptors (Lipinski definition) is 5. The molecule has 0 aliphatic carbocycles. The van der Waals surface area contributed by atoms with E-state index < -0.39 is 6.29 Å². The second kappa shape index (κ2) is 9.44. The molecule has 1 aromatic carbocycles. The normalized spacial score (nSPS) is 20.1. The predicted molar refractivity (Wildman–Crippen MR) is 97.7 cm³/mol. The van der Waals surface area contributed by atoms with Crippen LogP contribution in [-0.2, 0) is 14.3 Å². The van der Waals surface area contributed by atoms with Gasteiger partial charge in [-0.05, 0) is 42.9 Å². The molecule has 1 amide bonds. The van der Waals surface area contributed by atoms with Gasteiger partial charge in [-0.15, -0.1) is 0 Å². The first-order valence-electron chi connectivity index (χ1n) is 8.78. The lowest BCUT2D eigenvalue weighted by atomic mass is 9.90. The van der Waals surface area contributed by atoms with Gasteiger partial charge in [0.1, 0.15) is 0 Å². The van der Waals surface area contributed by atoms with E-state index in [0.717, 1.165) is 6.42 Å². The summed E-state index contributed by atoms with van der Waals surface area (Å²) in [5.41, 5.74) is 6.94. The Morgan fingerprint density at radius 1 is 1.40 bits per heavy atom. The summed E-state index contributed by atoms with van der Waals surface area (Å²) >= 11 is 0. The minimum Gasteiger partial charge on any atom is -0.459 e. The van der Waals surface area contributed by atoms with E-state index in [1.165, 1.54) is 0 Å². The maximum absolute atomic E-state index is 12.6. The molecule has 0 unspecified atom stereocenters. The van der Waals surface area contributed by atoms with E-state index in [0.29, 0.717) is 36.7 Å². The number of para-hydroxylation sites is 2. The minimum atomic E-state index is -0.454. The zero-order valence-corrected chi connectivity index (χ0v) is 14.9. The molecule has 138 valence electrons. The van der Waals surface area contributed by atoms with Crippen molar-refractivity contribution in [2.45, 2.75) is 39.4 Å². The number of hydrogen-bond donors (Lipinski definition) is 3. The number of ether oxygens (including phenoxy) is 2. The molecular weight excluding hydrogens is 320 g/mol. The Bertz CT molecular complexity index is 601.